The first-order chi connectivity index (χ1) is 12.3. The minimum absolute atomic E-state index is 0.180. The molecule has 25 heavy (non-hydrogen) atoms. The summed E-state index contributed by atoms with van der Waals surface area (Å²) in [5, 5.41) is 0. The van der Waals surface area contributed by atoms with Crippen LogP contribution >= 0.6 is 0 Å². The van der Waals surface area contributed by atoms with Gasteiger partial charge in [0.05, 0.1) is 0 Å². The predicted octanol–water partition coefficient (Wildman–Crippen LogP) is 3.01. The van der Waals surface area contributed by atoms with Gasteiger partial charge in [0, 0.05) is 18.3 Å². The fourth-order valence-corrected chi connectivity index (χ4v) is 2.68. The maximum absolute atomic E-state index is 12.5. The molecular weight excluding hydrogens is 316 g/mol. The monoisotopic (exact) mass is 332 g/mol. The van der Waals surface area contributed by atoms with E-state index in [0.717, 1.165) is 5.56 Å². The van der Waals surface area contributed by atoms with Crippen molar-refractivity contribution >= 4 is 5.91 Å². The Bertz CT molecular complexity index is 977. The van der Waals surface area contributed by atoms with Gasteiger partial charge in [-0.2, -0.15) is 4.99 Å². The van der Waals surface area contributed by atoms with E-state index in [4.69, 9.17) is 9.47 Å². The molecule has 1 aliphatic heterocycles. The van der Waals surface area contributed by atoms with Crippen LogP contribution in [0.25, 0.3) is 0 Å². The topological polar surface area (TPSA) is 52.8 Å². The number of nitrogens with zero attached hydrogens (tertiary/aromatic N) is 2. The Hall–Kier alpha value is -3.34. The van der Waals surface area contributed by atoms with Crippen molar-refractivity contribution in [3.63, 3.8) is 0 Å². The molecule has 1 aliphatic rings. The molecule has 0 N–H and O–H groups in total. The highest BCUT2D eigenvalue weighted by Crippen LogP contribution is 2.32. The number of fused-ring (bicyclic) bond motifs is 1. The van der Waals surface area contributed by atoms with Crippen LogP contribution in [0.4, 0.5) is 0 Å². The van der Waals surface area contributed by atoms with E-state index in [0.29, 0.717) is 29.1 Å². The number of ether oxygens (including phenoxy) is 2. The van der Waals surface area contributed by atoms with E-state index in [9.17, 15) is 4.79 Å². The van der Waals surface area contributed by atoms with Crippen molar-refractivity contribution in [2.45, 2.75) is 6.54 Å². The molecule has 2 heterocycles. The van der Waals surface area contributed by atoms with Gasteiger partial charge in [0.25, 0.3) is 5.91 Å². The van der Waals surface area contributed by atoms with Gasteiger partial charge in [0.2, 0.25) is 6.79 Å². The molecule has 1 aromatic heterocycles. The van der Waals surface area contributed by atoms with Crippen LogP contribution in [-0.4, -0.2) is 17.3 Å². The van der Waals surface area contributed by atoms with E-state index in [1.54, 1.807) is 18.2 Å². The molecule has 0 atom stereocenters. The summed E-state index contributed by atoms with van der Waals surface area (Å²) in [4.78, 5) is 16.8. The Labute approximate surface area is 144 Å². The minimum atomic E-state index is -0.314. The third-order valence-electron chi connectivity index (χ3n) is 3.95. The van der Waals surface area contributed by atoms with Crippen LogP contribution < -0.4 is 15.0 Å². The quantitative estimate of drug-likeness (QED) is 0.741. The number of amides is 1. The van der Waals surface area contributed by atoms with Gasteiger partial charge in [-0.05, 0) is 35.9 Å². The molecule has 0 unspecified atom stereocenters. The van der Waals surface area contributed by atoms with Crippen molar-refractivity contribution in [3.05, 3.63) is 89.5 Å². The van der Waals surface area contributed by atoms with Crippen molar-refractivity contribution in [1.82, 2.24) is 4.57 Å². The maximum Gasteiger partial charge on any atom is 0.279 e. The van der Waals surface area contributed by atoms with Gasteiger partial charge in [0.15, 0.2) is 11.5 Å². The lowest BCUT2D eigenvalue weighted by Crippen LogP contribution is -2.22. The summed E-state index contributed by atoms with van der Waals surface area (Å²) in [5.41, 5.74) is 2.22. The Morgan fingerprint density at radius 3 is 2.64 bits per heavy atom. The first-order valence-electron chi connectivity index (χ1n) is 7.98. The van der Waals surface area contributed by atoms with E-state index >= 15 is 0 Å². The Morgan fingerprint density at radius 1 is 0.960 bits per heavy atom. The molecule has 5 nitrogen and oxygen atoms in total. The molecule has 0 spiro atoms. The third-order valence-corrected chi connectivity index (χ3v) is 3.95. The molecule has 1 amide bonds. The molecule has 0 fully saturated rings. The van der Waals surface area contributed by atoms with Gasteiger partial charge in [-0.1, -0.05) is 36.4 Å². The first kappa shape index (κ1) is 15.2. The lowest BCUT2D eigenvalue weighted by atomic mass is 10.2. The van der Waals surface area contributed by atoms with Gasteiger partial charge >= 0.3 is 0 Å². The second-order valence-corrected chi connectivity index (χ2v) is 5.66. The number of rotatable bonds is 3. The highest BCUT2D eigenvalue weighted by atomic mass is 16.7. The Balaban J connectivity index is 1.66. The van der Waals surface area contributed by atoms with Crippen LogP contribution in [0.5, 0.6) is 11.5 Å². The van der Waals surface area contributed by atoms with Crippen LogP contribution in [0.3, 0.4) is 0 Å². The lowest BCUT2D eigenvalue weighted by molar-refractivity contribution is 0.0996. The van der Waals surface area contributed by atoms with E-state index in [1.165, 1.54) is 0 Å². The Morgan fingerprint density at radius 2 is 1.76 bits per heavy atom. The van der Waals surface area contributed by atoms with Gasteiger partial charge in [-0.15, -0.1) is 0 Å². The number of hydrogen-bond acceptors (Lipinski definition) is 3. The first-order valence-corrected chi connectivity index (χ1v) is 7.98. The molecule has 5 heteroatoms. The number of carbonyl (C=O) groups is 1. The van der Waals surface area contributed by atoms with Crippen LogP contribution in [0.15, 0.2) is 77.9 Å². The zero-order valence-corrected chi connectivity index (χ0v) is 13.5. The van der Waals surface area contributed by atoms with Crippen molar-refractivity contribution in [3.8, 4) is 11.5 Å². The zero-order chi connectivity index (χ0) is 17.1. The molecule has 124 valence electrons. The normalized spacial score (nSPS) is 13.0. The number of pyridine rings is 1. The number of carbonyl (C=O) groups excluding carboxylic acids is 1. The highest BCUT2D eigenvalue weighted by molar-refractivity contribution is 5.95. The SMILES string of the molecule is O=C(N=c1ccccn1Cc1ccccc1)c1ccc2c(c1)OCO2. The fourth-order valence-electron chi connectivity index (χ4n) is 2.68. The molecule has 0 saturated heterocycles. The highest BCUT2D eigenvalue weighted by Gasteiger charge is 2.15. The van der Waals surface area contributed by atoms with Crippen molar-refractivity contribution in [2.75, 3.05) is 6.79 Å². The molecule has 0 saturated carbocycles. The molecule has 4 rings (SSSR count). The van der Waals surface area contributed by atoms with E-state index in [1.807, 2.05) is 59.3 Å². The van der Waals surface area contributed by atoms with E-state index in [-0.39, 0.29) is 12.7 Å². The molecule has 0 radical (unpaired) electrons. The minimum Gasteiger partial charge on any atom is -0.454 e. The van der Waals surface area contributed by atoms with Gasteiger partial charge in [0.1, 0.15) is 5.49 Å². The average molecular weight is 332 g/mol. The summed E-state index contributed by atoms with van der Waals surface area (Å²) in [5.74, 6) is 0.910. The number of aromatic nitrogens is 1. The molecular formula is C20H16N2O3. The molecule has 2 aromatic carbocycles. The standard InChI is InChI=1S/C20H16N2O3/c23-20(16-9-10-17-18(12-16)25-14-24-17)21-19-8-4-5-11-22(19)13-15-6-2-1-3-7-15/h1-12H,13-14H2. The van der Waals surface area contributed by atoms with E-state index in [2.05, 4.69) is 4.99 Å². The van der Waals surface area contributed by atoms with Crippen LogP contribution in [0.1, 0.15) is 15.9 Å². The second-order valence-electron chi connectivity index (χ2n) is 5.66. The molecule has 0 bridgehead atoms. The van der Waals surface area contributed by atoms with Crippen molar-refractivity contribution in [2.24, 2.45) is 4.99 Å². The summed E-state index contributed by atoms with van der Waals surface area (Å²) in [6.45, 7) is 0.828. The smallest absolute Gasteiger partial charge is 0.279 e. The molecule has 0 aliphatic carbocycles. The largest absolute Gasteiger partial charge is 0.454 e. The number of hydrogen-bond donors (Lipinski definition) is 0. The second kappa shape index (κ2) is 6.65. The van der Waals surface area contributed by atoms with Gasteiger partial charge in [-0.3, -0.25) is 4.79 Å². The average Bonchev–Trinajstić information content (AvgIpc) is 3.12. The predicted molar refractivity (Wildman–Crippen MR) is 92.4 cm³/mol. The van der Waals surface area contributed by atoms with Crippen LogP contribution in [0.2, 0.25) is 0 Å². The Kier molecular flexibility index (Phi) is 4.04. The lowest BCUT2D eigenvalue weighted by Gasteiger charge is -2.07. The zero-order valence-electron chi connectivity index (χ0n) is 13.5. The summed E-state index contributed by atoms with van der Waals surface area (Å²) < 4.78 is 12.5. The van der Waals surface area contributed by atoms with E-state index < -0.39 is 0 Å². The maximum atomic E-state index is 12.5. The molecule has 3 aromatic rings. The summed E-state index contributed by atoms with van der Waals surface area (Å²) in [6, 6.07) is 20.8. The summed E-state index contributed by atoms with van der Waals surface area (Å²) in [6.07, 6.45) is 1.92. The van der Waals surface area contributed by atoms with Crippen molar-refractivity contribution in [1.29, 1.82) is 0 Å². The van der Waals surface area contributed by atoms with Gasteiger partial charge < -0.3 is 14.0 Å². The summed E-state index contributed by atoms with van der Waals surface area (Å²) >= 11 is 0. The summed E-state index contributed by atoms with van der Waals surface area (Å²) in [7, 11) is 0. The number of benzene rings is 2. The van der Waals surface area contributed by atoms with Crippen LogP contribution in [-0.2, 0) is 6.54 Å². The van der Waals surface area contributed by atoms with Gasteiger partial charge in [-0.25, -0.2) is 0 Å². The third kappa shape index (κ3) is 3.30. The fraction of sp³-hybridized carbons (Fsp3) is 0.100. The van der Waals surface area contributed by atoms with Crippen LogP contribution in [0, 0.1) is 0 Å². The van der Waals surface area contributed by atoms with Crippen molar-refractivity contribution < 1.29 is 14.3 Å².